The van der Waals surface area contributed by atoms with E-state index < -0.39 is 10.0 Å². The molecule has 2 heterocycles. The lowest BCUT2D eigenvalue weighted by Gasteiger charge is -2.19. The first-order valence-corrected chi connectivity index (χ1v) is 11.2. The molecule has 0 saturated carbocycles. The van der Waals surface area contributed by atoms with Gasteiger partial charge in [-0.15, -0.1) is 0 Å². The number of nitrogens with one attached hydrogen (secondary N) is 1. The van der Waals surface area contributed by atoms with Gasteiger partial charge in [-0.1, -0.05) is 23.2 Å². The Morgan fingerprint density at radius 1 is 1.14 bits per heavy atom. The van der Waals surface area contributed by atoms with Gasteiger partial charge >= 0.3 is 0 Å². The van der Waals surface area contributed by atoms with E-state index in [-0.39, 0.29) is 27.7 Å². The van der Waals surface area contributed by atoms with Gasteiger partial charge in [-0.25, -0.2) is 13.4 Å². The molecule has 0 spiro atoms. The number of benzene rings is 1. The van der Waals surface area contributed by atoms with Crippen LogP contribution in [0.1, 0.15) is 13.8 Å². The van der Waals surface area contributed by atoms with Crippen molar-refractivity contribution in [3.63, 3.8) is 0 Å². The number of anilines is 1. The third-order valence-electron chi connectivity index (χ3n) is 4.52. The lowest BCUT2D eigenvalue weighted by atomic mass is 10.2. The van der Waals surface area contributed by atoms with E-state index in [9.17, 15) is 13.2 Å². The lowest BCUT2D eigenvalue weighted by Crippen LogP contribution is -2.33. The molecular weight excluding hydrogens is 435 g/mol. The van der Waals surface area contributed by atoms with Crippen LogP contribution >= 0.6 is 23.2 Å². The number of rotatable bonds is 7. The van der Waals surface area contributed by atoms with Crippen molar-refractivity contribution in [2.45, 2.75) is 25.3 Å². The number of fused-ring (bicyclic) bond motifs is 1. The van der Waals surface area contributed by atoms with E-state index in [1.54, 1.807) is 23.1 Å². The second kappa shape index (κ2) is 8.61. The summed E-state index contributed by atoms with van der Waals surface area (Å²) in [6.07, 6.45) is 1.81. The molecule has 10 heteroatoms. The normalized spacial score (nSPS) is 11.6. The molecule has 1 aromatic carbocycles. The number of carbonyl (C=O) groups is 1. The van der Waals surface area contributed by atoms with Crippen LogP contribution in [0.25, 0.3) is 10.9 Å². The van der Waals surface area contributed by atoms with Crippen LogP contribution in [0.15, 0.2) is 47.5 Å². The standard InChI is InChI=1S/C19H20Cl2N4O3S/c1-3-24(4-2)18(26)12-25-10-9-13-11-14(5-6-15(13)25)23-29(27,28)16-7-8-17(20)22-19(16)21/h5-11,23H,3-4,12H2,1-2H3. The van der Waals surface area contributed by atoms with Crippen molar-refractivity contribution < 1.29 is 13.2 Å². The summed E-state index contributed by atoms with van der Waals surface area (Å²) < 4.78 is 29.6. The van der Waals surface area contributed by atoms with Crippen molar-refractivity contribution in [3.8, 4) is 0 Å². The Hall–Kier alpha value is -2.29. The molecule has 0 radical (unpaired) electrons. The molecule has 3 rings (SSSR count). The van der Waals surface area contributed by atoms with Gasteiger partial charge in [0.05, 0.1) is 0 Å². The number of carbonyl (C=O) groups excluding carboxylic acids is 1. The van der Waals surface area contributed by atoms with Gasteiger partial charge in [0.25, 0.3) is 10.0 Å². The van der Waals surface area contributed by atoms with Gasteiger partial charge in [0.1, 0.15) is 16.6 Å². The number of sulfonamides is 1. The van der Waals surface area contributed by atoms with Crippen molar-refractivity contribution in [2.24, 2.45) is 0 Å². The van der Waals surface area contributed by atoms with E-state index in [1.807, 2.05) is 30.7 Å². The van der Waals surface area contributed by atoms with Crippen molar-refractivity contribution in [2.75, 3.05) is 17.8 Å². The number of pyridine rings is 1. The predicted molar refractivity (Wildman–Crippen MR) is 115 cm³/mol. The fourth-order valence-corrected chi connectivity index (χ4v) is 4.74. The molecule has 0 atom stereocenters. The number of likely N-dealkylation sites (N-methyl/N-ethyl adjacent to an activating group) is 1. The van der Waals surface area contributed by atoms with E-state index in [2.05, 4.69) is 9.71 Å². The third-order valence-corrected chi connectivity index (χ3v) is 6.54. The molecule has 7 nitrogen and oxygen atoms in total. The molecule has 2 aromatic heterocycles. The zero-order valence-corrected chi connectivity index (χ0v) is 18.2. The first-order chi connectivity index (χ1) is 13.7. The molecule has 0 aliphatic carbocycles. The topological polar surface area (TPSA) is 84.3 Å². The number of hydrogen-bond donors (Lipinski definition) is 1. The Labute approximate surface area is 179 Å². The van der Waals surface area contributed by atoms with E-state index in [0.29, 0.717) is 18.8 Å². The molecule has 0 saturated heterocycles. The summed E-state index contributed by atoms with van der Waals surface area (Å²) in [5.41, 5.74) is 1.20. The first kappa shape index (κ1) is 21.4. The van der Waals surface area contributed by atoms with Crippen LogP contribution < -0.4 is 4.72 Å². The average Bonchev–Trinajstić information content (AvgIpc) is 3.04. The van der Waals surface area contributed by atoms with Crippen LogP contribution in [0.4, 0.5) is 5.69 Å². The zero-order valence-electron chi connectivity index (χ0n) is 15.9. The second-order valence-corrected chi connectivity index (χ2v) is 8.71. The van der Waals surface area contributed by atoms with Crippen LogP contribution in [0, 0.1) is 0 Å². The number of amides is 1. The molecule has 154 valence electrons. The molecular formula is C19H20Cl2N4O3S. The summed E-state index contributed by atoms with van der Waals surface area (Å²) in [7, 11) is -3.93. The van der Waals surface area contributed by atoms with Crippen molar-refractivity contribution in [3.05, 3.63) is 52.9 Å². The Morgan fingerprint density at radius 3 is 2.52 bits per heavy atom. The van der Waals surface area contributed by atoms with Crippen LogP contribution in [-0.2, 0) is 21.4 Å². The molecule has 1 N–H and O–H groups in total. The SMILES string of the molecule is CCN(CC)C(=O)Cn1ccc2cc(NS(=O)(=O)c3ccc(Cl)nc3Cl)ccc21. The fraction of sp³-hybridized carbons (Fsp3) is 0.263. The van der Waals surface area contributed by atoms with Crippen molar-refractivity contribution in [1.82, 2.24) is 14.5 Å². The number of nitrogens with zero attached hydrogens (tertiary/aromatic N) is 3. The van der Waals surface area contributed by atoms with Gasteiger partial charge in [-0.3, -0.25) is 9.52 Å². The minimum absolute atomic E-state index is 0.0298. The maximum absolute atomic E-state index is 12.6. The molecule has 0 bridgehead atoms. The molecule has 0 fully saturated rings. The molecule has 0 unspecified atom stereocenters. The summed E-state index contributed by atoms with van der Waals surface area (Å²) in [6.45, 7) is 5.42. The molecule has 3 aromatic rings. The Kier molecular flexibility index (Phi) is 6.36. The monoisotopic (exact) mass is 454 g/mol. The Bertz CT molecular complexity index is 1160. The molecule has 0 aliphatic heterocycles. The van der Waals surface area contributed by atoms with Gasteiger partial charge in [-0.2, -0.15) is 0 Å². The van der Waals surface area contributed by atoms with Gasteiger partial charge < -0.3 is 9.47 Å². The third kappa shape index (κ3) is 4.66. The van der Waals surface area contributed by atoms with E-state index in [0.717, 1.165) is 10.9 Å². The molecule has 29 heavy (non-hydrogen) atoms. The minimum atomic E-state index is -3.93. The number of hydrogen-bond acceptors (Lipinski definition) is 4. The summed E-state index contributed by atoms with van der Waals surface area (Å²) in [6, 6.07) is 9.59. The maximum Gasteiger partial charge on any atom is 0.264 e. The van der Waals surface area contributed by atoms with Crippen molar-refractivity contribution >= 4 is 55.7 Å². The Morgan fingerprint density at radius 2 is 1.86 bits per heavy atom. The summed E-state index contributed by atoms with van der Waals surface area (Å²) in [5, 5.41) is 0.709. The highest BCUT2D eigenvalue weighted by atomic mass is 35.5. The van der Waals surface area contributed by atoms with Crippen LogP contribution in [0.2, 0.25) is 10.3 Å². The van der Waals surface area contributed by atoms with Crippen LogP contribution in [0.5, 0.6) is 0 Å². The highest BCUT2D eigenvalue weighted by Gasteiger charge is 2.20. The van der Waals surface area contributed by atoms with Crippen LogP contribution in [-0.4, -0.2) is 41.9 Å². The summed E-state index contributed by atoms with van der Waals surface area (Å²) >= 11 is 11.7. The van der Waals surface area contributed by atoms with E-state index in [1.165, 1.54) is 12.1 Å². The van der Waals surface area contributed by atoms with Crippen molar-refractivity contribution in [1.29, 1.82) is 0 Å². The predicted octanol–water partition coefficient (Wildman–Crippen LogP) is 4.01. The Balaban J connectivity index is 1.85. The summed E-state index contributed by atoms with van der Waals surface area (Å²) in [4.78, 5) is 17.7. The van der Waals surface area contributed by atoms with Gasteiger partial charge in [0.2, 0.25) is 5.91 Å². The molecule has 0 aliphatic rings. The fourth-order valence-electron chi connectivity index (χ4n) is 3.03. The van der Waals surface area contributed by atoms with Gasteiger partial charge in [0, 0.05) is 35.9 Å². The quantitative estimate of drug-likeness (QED) is 0.546. The number of aromatic nitrogens is 2. The highest BCUT2D eigenvalue weighted by molar-refractivity contribution is 7.92. The smallest absolute Gasteiger partial charge is 0.264 e. The molecule has 1 amide bonds. The average molecular weight is 455 g/mol. The zero-order chi connectivity index (χ0) is 21.2. The summed E-state index contributed by atoms with van der Waals surface area (Å²) in [5.74, 6) is 0.0298. The van der Waals surface area contributed by atoms with Gasteiger partial charge in [0.15, 0.2) is 5.15 Å². The number of halogens is 2. The minimum Gasteiger partial charge on any atom is -0.342 e. The van der Waals surface area contributed by atoms with Gasteiger partial charge in [-0.05, 0) is 50.2 Å². The lowest BCUT2D eigenvalue weighted by molar-refractivity contribution is -0.131. The first-order valence-electron chi connectivity index (χ1n) is 8.96. The largest absolute Gasteiger partial charge is 0.342 e. The van der Waals surface area contributed by atoms with E-state index >= 15 is 0 Å². The second-order valence-electron chi connectivity index (χ2n) is 6.31. The highest BCUT2D eigenvalue weighted by Crippen LogP contribution is 2.26. The maximum atomic E-state index is 12.6. The van der Waals surface area contributed by atoms with Crippen LogP contribution in [0.3, 0.4) is 0 Å². The van der Waals surface area contributed by atoms with E-state index in [4.69, 9.17) is 23.2 Å².